The van der Waals surface area contributed by atoms with Crippen molar-refractivity contribution in [2.45, 2.75) is 65.7 Å². The molecule has 38 heavy (non-hydrogen) atoms. The van der Waals surface area contributed by atoms with Gasteiger partial charge in [0.1, 0.15) is 11.5 Å². The summed E-state index contributed by atoms with van der Waals surface area (Å²) in [4.78, 5) is 24.8. The number of carbonyl (C=O) groups is 2. The minimum atomic E-state index is -0.416. The lowest BCUT2D eigenvalue weighted by molar-refractivity contribution is 0.0447. The number of hydrogen-bond donors (Lipinski definition) is 0. The molecule has 0 saturated heterocycles. The fourth-order valence-electron chi connectivity index (χ4n) is 3.86. The molecular formula is C33H40O5. The van der Waals surface area contributed by atoms with Gasteiger partial charge in [-0.25, -0.2) is 9.59 Å². The van der Waals surface area contributed by atoms with Crippen molar-refractivity contribution >= 4 is 11.9 Å². The molecule has 0 radical (unpaired) electrons. The number of rotatable bonds is 15. The molecule has 0 amide bonds. The molecule has 202 valence electrons. The molecule has 3 aromatic rings. The molecule has 5 heteroatoms. The van der Waals surface area contributed by atoms with Crippen LogP contribution >= 0.6 is 0 Å². The second kappa shape index (κ2) is 15.6. The van der Waals surface area contributed by atoms with E-state index in [1.807, 2.05) is 24.3 Å². The van der Waals surface area contributed by atoms with Crippen LogP contribution in [0.1, 0.15) is 86.4 Å². The second-order valence-electron chi connectivity index (χ2n) is 9.74. The van der Waals surface area contributed by atoms with Crippen LogP contribution < -0.4 is 9.47 Å². The van der Waals surface area contributed by atoms with Crippen LogP contribution in [-0.2, 0) is 4.74 Å². The van der Waals surface area contributed by atoms with Crippen molar-refractivity contribution in [2.24, 2.45) is 5.92 Å². The lowest BCUT2D eigenvalue weighted by Crippen LogP contribution is -2.11. The normalized spacial score (nSPS) is 11.6. The highest BCUT2D eigenvalue weighted by atomic mass is 16.5. The molecule has 0 aromatic heterocycles. The first-order chi connectivity index (χ1) is 18.5. The third kappa shape index (κ3) is 9.37. The molecule has 3 aromatic carbocycles. The molecule has 0 N–H and O–H groups in total. The van der Waals surface area contributed by atoms with Gasteiger partial charge in [0, 0.05) is 0 Å². The van der Waals surface area contributed by atoms with E-state index in [0.717, 1.165) is 29.7 Å². The zero-order chi connectivity index (χ0) is 27.2. The predicted molar refractivity (Wildman–Crippen MR) is 152 cm³/mol. The number of unbranched alkanes of at least 4 members (excludes halogenated alkanes) is 5. The number of esters is 2. The van der Waals surface area contributed by atoms with Crippen LogP contribution in [0.4, 0.5) is 0 Å². The summed E-state index contributed by atoms with van der Waals surface area (Å²) in [6, 6.07) is 21.7. The Hall–Kier alpha value is -3.60. The maximum absolute atomic E-state index is 12.6. The fourth-order valence-corrected chi connectivity index (χ4v) is 3.86. The lowest BCUT2D eigenvalue weighted by atomic mass is 10.0. The molecule has 0 bridgehead atoms. The van der Waals surface area contributed by atoms with Crippen molar-refractivity contribution in [2.75, 3.05) is 13.2 Å². The zero-order valence-electron chi connectivity index (χ0n) is 22.9. The maximum Gasteiger partial charge on any atom is 0.343 e. The van der Waals surface area contributed by atoms with E-state index < -0.39 is 5.97 Å². The number of benzene rings is 3. The average Bonchev–Trinajstić information content (AvgIpc) is 2.96. The maximum atomic E-state index is 12.6. The molecule has 0 aliphatic carbocycles. The van der Waals surface area contributed by atoms with Gasteiger partial charge in [0.15, 0.2) is 0 Å². The van der Waals surface area contributed by atoms with E-state index in [4.69, 9.17) is 14.2 Å². The molecule has 0 aliphatic rings. The quantitative estimate of drug-likeness (QED) is 0.115. The first-order valence-corrected chi connectivity index (χ1v) is 13.8. The smallest absolute Gasteiger partial charge is 0.343 e. The summed E-state index contributed by atoms with van der Waals surface area (Å²) < 4.78 is 16.7. The van der Waals surface area contributed by atoms with Crippen LogP contribution in [0.15, 0.2) is 72.8 Å². The Morgan fingerprint density at radius 2 is 1.18 bits per heavy atom. The Labute approximate surface area is 227 Å². The van der Waals surface area contributed by atoms with Gasteiger partial charge in [0.2, 0.25) is 0 Å². The molecule has 0 fully saturated rings. The predicted octanol–water partition coefficient (Wildman–Crippen LogP) is 8.52. The molecule has 0 saturated carbocycles. The summed E-state index contributed by atoms with van der Waals surface area (Å²) in [5.74, 6) is 0.845. The van der Waals surface area contributed by atoms with E-state index >= 15 is 0 Å². The molecule has 1 atom stereocenters. The minimum Gasteiger partial charge on any atom is -0.494 e. The Kier molecular flexibility index (Phi) is 11.9. The van der Waals surface area contributed by atoms with Gasteiger partial charge in [-0.05, 0) is 72.0 Å². The van der Waals surface area contributed by atoms with E-state index in [2.05, 4.69) is 20.8 Å². The summed E-state index contributed by atoms with van der Waals surface area (Å²) in [6.45, 7) is 7.46. The highest BCUT2D eigenvalue weighted by Gasteiger charge is 2.11. The molecule has 0 heterocycles. The average molecular weight is 517 g/mol. The van der Waals surface area contributed by atoms with Crippen molar-refractivity contribution in [1.29, 1.82) is 0 Å². The van der Waals surface area contributed by atoms with Crippen LogP contribution in [0, 0.1) is 5.92 Å². The van der Waals surface area contributed by atoms with Gasteiger partial charge in [0.05, 0.1) is 24.3 Å². The third-order valence-corrected chi connectivity index (χ3v) is 6.57. The van der Waals surface area contributed by atoms with E-state index in [1.165, 1.54) is 32.1 Å². The number of ether oxygens (including phenoxy) is 3. The second-order valence-corrected chi connectivity index (χ2v) is 9.74. The van der Waals surface area contributed by atoms with Crippen molar-refractivity contribution in [1.82, 2.24) is 0 Å². The van der Waals surface area contributed by atoms with Gasteiger partial charge in [-0.15, -0.1) is 0 Å². The monoisotopic (exact) mass is 516 g/mol. The van der Waals surface area contributed by atoms with Gasteiger partial charge in [-0.2, -0.15) is 0 Å². The number of carbonyl (C=O) groups excluding carboxylic acids is 2. The molecule has 5 nitrogen and oxygen atoms in total. The lowest BCUT2D eigenvalue weighted by Gasteiger charge is -2.10. The van der Waals surface area contributed by atoms with Gasteiger partial charge < -0.3 is 14.2 Å². The fraction of sp³-hybridized carbons (Fsp3) is 0.394. The summed E-state index contributed by atoms with van der Waals surface area (Å²) >= 11 is 0. The van der Waals surface area contributed by atoms with Crippen molar-refractivity contribution in [3.63, 3.8) is 0 Å². The van der Waals surface area contributed by atoms with Crippen molar-refractivity contribution in [3.8, 4) is 22.6 Å². The Morgan fingerprint density at radius 1 is 0.658 bits per heavy atom. The van der Waals surface area contributed by atoms with Crippen LogP contribution in [0.5, 0.6) is 11.5 Å². The van der Waals surface area contributed by atoms with Crippen LogP contribution in [0.3, 0.4) is 0 Å². The van der Waals surface area contributed by atoms with Crippen LogP contribution in [-0.4, -0.2) is 25.2 Å². The topological polar surface area (TPSA) is 61.8 Å². The molecule has 1 unspecified atom stereocenters. The van der Waals surface area contributed by atoms with E-state index in [1.54, 1.807) is 48.5 Å². The van der Waals surface area contributed by atoms with Gasteiger partial charge in [-0.1, -0.05) is 83.6 Å². The number of hydrogen-bond acceptors (Lipinski definition) is 5. The first-order valence-electron chi connectivity index (χ1n) is 13.8. The van der Waals surface area contributed by atoms with Crippen molar-refractivity contribution < 1.29 is 23.8 Å². The van der Waals surface area contributed by atoms with E-state index in [9.17, 15) is 9.59 Å². The van der Waals surface area contributed by atoms with Gasteiger partial charge in [0.25, 0.3) is 0 Å². The first kappa shape index (κ1) is 29.0. The van der Waals surface area contributed by atoms with Crippen LogP contribution in [0.2, 0.25) is 0 Å². The Bertz CT molecular complexity index is 1120. The van der Waals surface area contributed by atoms with Crippen molar-refractivity contribution in [3.05, 3.63) is 83.9 Å². The molecular weight excluding hydrogens is 476 g/mol. The van der Waals surface area contributed by atoms with E-state index in [0.29, 0.717) is 36.0 Å². The zero-order valence-corrected chi connectivity index (χ0v) is 22.9. The van der Waals surface area contributed by atoms with Gasteiger partial charge >= 0.3 is 11.9 Å². The minimum absolute atomic E-state index is 0.309. The highest BCUT2D eigenvalue weighted by Crippen LogP contribution is 2.24. The Balaban J connectivity index is 1.47. The SMILES string of the molecule is CCCCCCCCOc1ccc(C(=O)Oc2ccc(-c3ccc(C(=O)OCC(C)CC)cc3)cc2)cc1. The summed E-state index contributed by atoms with van der Waals surface area (Å²) in [5, 5.41) is 0. The highest BCUT2D eigenvalue weighted by molar-refractivity contribution is 5.91. The largest absolute Gasteiger partial charge is 0.494 e. The summed E-state index contributed by atoms with van der Waals surface area (Å²) in [5.41, 5.74) is 2.91. The van der Waals surface area contributed by atoms with Gasteiger partial charge in [-0.3, -0.25) is 0 Å². The summed E-state index contributed by atoms with van der Waals surface area (Å²) in [6.07, 6.45) is 8.29. The molecule has 0 spiro atoms. The van der Waals surface area contributed by atoms with E-state index in [-0.39, 0.29) is 5.97 Å². The van der Waals surface area contributed by atoms with Crippen LogP contribution in [0.25, 0.3) is 11.1 Å². The standard InChI is InChI=1S/C33H40O5/c1-4-6-7-8-9-10-23-36-30-19-17-29(18-20-30)33(35)38-31-21-15-27(16-22-31)26-11-13-28(14-12-26)32(34)37-24-25(3)5-2/h11-22,25H,4-10,23-24H2,1-3H3. The summed E-state index contributed by atoms with van der Waals surface area (Å²) in [7, 11) is 0. The molecule has 0 aliphatic heterocycles. The Morgan fingerprint density at radius 3 is 1.82 bits per heavy atom. The third-order valence-electron chi connectivity index (χ3n) is 6.57. The molecule has 3 rings (SSSR count).